The first-order valence-corrected chi connectivity index (χ1v) is 9.43. The number of hydrogen-bond acceptors (Lipinski definition) is 4. The molecule has 0 aliphatic carbocycles. The summed E-state index contributed by atoms with van der Waals surface area (Å²) in [6, 6.07) is 18.2. The zero-order chi connectivity index (χ0) is 12.1. The standard InChI is InChI=1S/C12H11O2PS2.Na/c13-15(14,16-11-7-3-1-4-8-11)17-12-9-5-2-6-10-12;/h1-10H,(H,13,14);/q;+1/p-1. The number of hydrogen-bond donors (Lipinski definition) is 0. The molecule has 0 aliphatic rings. The molecule has 0 N–H and O–H groups in total. The van der Waals surface area contributed by atoms with Crippen molar-refractivity contribution in [2.45, 2.75) is 9.79 Å². The largest absolute Gasteiger partial charge is 1.00 e. The molecule has 0 unspecified atom stereocenters. The third-order valence-corrected chi connectivity index (χ3v) is 7.28. The fraction of sp³-hybridized carbons (Fsp3) is 0. The first kappa shape index (κ1) is 16.4. The zero-order valence-corrected chi connectivity index (χ0v) is 14.4. The van der Waals surface area contributed by atoms with Gasteiger partial charge in [-0.2, -0.15) is 0 Å². The molecule has 0 heterocycles. The monoisotopic (exact) mass is 304 g/mol. The first-order chi connectivity index (χ1) is 8.16. The first-order valence-electron chi connectivity index (χ1n) is 4.96. The Kier molecular flexibility index (Phi) is 7.11. The summed E-state index contributed by atoms with van der Waals surface area (Å²) in [4.78, 5) is 13.4. The van der Waals surface area contributed by atoms with E-state index in [9.17, 15) is 9.46 Å². The number of benzene rings is 2. The van der Waals surface area contributed by atoms with Crippen molar-refractivity contribution in [3.05, 3.63) is 60.7 Å². The summed E-state index contributed by atoms with van der Waals surface area (Å²) < 4.78 is 11.9. The molecule has 0 saturated carbocycles. The van der Waals surface area contributed by atoms with Crippen LogP contribution in [0.25, 0.3) is 0 Å². The van der Waals surface area contributed by atoms with Crippen LogP contribution in [0.1, 0.15) is 0 Å². The van der Waals surface area contributed by atoms with Gasteiger partial charge in [-0.1, -0.05) is 59.2 Å². The fourth-order valence-electron chi connectivity index (χ4n) is 1.24. The van der Waals surface area contributed by atoms with Crippen molar-refractivity contribution in [2.24, 2.45) is 0 Å². The Morgan fingerprint density at radius 1 is 0.778 bits per heavy atom. The van der Waals surface area contributed by atoms with Gasteiger partial charge in [-0.15, -0.1) is 0 Å². The Bertz CT molecular complexity index is 477. The molecule has 2 aromatic rings. The van der Waals surface area contributed by atoms with E-state index in [2.05, 4.69) is 0 Å². The van der Waals surface area contributed by atoms with Crippen molar-refractivity contribution < 1.29 is 39.0 Å². The Labute approximate surface area is 137 Å². The summed E-state index contributed by atoms with van der Waals surface area (Å²) in [6.07, 6.45) is 0. The van der Waals surface area contributed by atoms with E-state index in [1.807, 2.05) is 36.4 Å². The van der Waals surface area contributed by atoms with Gasteiger partial charge in [0.05, 0.1) is 0 Å². The van der Waals surface area contributed by atoms with E-state index in [4.69, 9.17) is 0 Å². The molecule has 0 fully saturated rings. The second-order valence-corrected chi connectivity index (χ2v) is 10.1. The Balaban J connectivity index is 0.00000162. The molecule has 2 rings (SSSR count). The van der Waals surface area contributed by atoms with Crippen molar-refractivity contribution in [1.29, 1.82) is 0 Å². The van der Waals surface area contributed by atoms with Gasteiger partial charge in [0, 0.05) is 9.79 Å². The van der Waals surface area contributed by atoms with Crippen LogP contribution in [-0.4, -0.2) is 0 Å². The summed E-state index contributed by atoms with van der Waals surface area (Å²) >= 11 is 1.81. The quantitative estimate of drug-likeness (QED) is 0.625. The van der Waals surface area contributed by atoms with E-state index in [0.717, 1.165) is 32.6 Å². The van der Waals surface area contributed by atoms with E-state index < -0.39 is 5.77 Å². The molecule has 0 radical (unpaired) electrons. The van der Waals surface area contributed by atoms with E-state index in [1.165, 1.54) is 0 Å². The maximum Gasteiger partial charge on any atom is 1.00 e. The molecule has 6 heteroatoms. The normalized spacial score (nSPS) is 10.7. The van der Waals surface area contributed by atoms with E-state index >= 15 is 0 Å². The van der Waals surface area contributed by atoms with Crippen LogP contribution in [-0.2, 0) is 4.57 Å². The van der Waals surface area contributed by atoms with Crippen LogP contribution in [0.4, 0.5) is 0 Å². The maximum atomic E-state index is 11.9. The third-order valence-electron chi connectivity index (χ3n) is 1.92. The summed E-state index contributed by atoms with van der Waals surface area (Å²) in [6.45, 7) is 0. The molecule has 0 saturated heterocycles. The molecule has 0 aliphatic heterocycles. The Morgan fingerprint density at radius 2 is 1.11 bits per heavy atom. The molecule has 2 nitrogen and oxygen atoms in total. The van der Waals surface area contributed by atoms with E-state index in [-0.39, 0.29) is 29.6 Å². The summed E-state index contributed by atoms with van der Waals surface area (Å²) in [5.41, 5.74) is 0. The molecule has 88 valence electrons. The van der Waals surface area contributed by atoms with E-state index in [1.54, 1.807) is 24.3 Å². The molecule has 18 heavy (non-hydrogen) atoms. The van der Waals surface area contributed by atoms with Gasteiger partial charge in [0.15, 0.2) is 0 Å². The van der Waals surface area contributed by atoms with Gasteiger partial charge in [0.25, 0.3) is 0 Å². The Hall–Kier alpha value is 0.330. The second kappa shape index (κ2) is 7.81. The van der Waals surface area contributed by atoms with Gasteiger partial charge in [-0.3, -0.25) is 0 Å². The molecular formula is C12H10NaO2PS2. The molecule has 0 atom stereocenters. The molecular weight excluding hydrogens is 294 g/mol. The topological polar surface area (TPSA) is 40.1 Å². The van der Waals surface area contributed by atoms with Crippen molar-refractivity contribution >= 4 is 28.5 Å². The van der Waals surface area contributed by atoms with Crippen LogP contribution in [0.5, 0.6) is 0 Å². The van der Waals surface area contributed by atoms with Gasteiger partial charge >= 0.3 is 29.6 Å². The number of rotatable bonds is 4. The minimum Gasteiger partial charge on any atom is -0.783 e. The Morgan fingerprint density at radius 3 is 1.44 bits per heavy atom. The van der Waals surface area contributed by atoms with Gasteiger partial charge < -0.3 is 9.46 Å². The fourth-order valence-corrected chi connectivity index (χ4v) is 6.63. The predicted molar refractivity (Wildman–Crippen MR) is 72.2 cm³/mol. The van der Waals surface area contributed by atoms with Crippen molar-refractivity contribution in [2.75, 3.05) is 0 Å². The van der Waals surface area contributed by atoms with Gasteiger partial charge in [-0.05, 0) is 24.3 Å². The molecule has 0 amide bonds. The summed E-state index contributed by atoms with van der Waals surface area (Å²) in [5.74, 6) is -3.55. The summed E-state index contributed by atoms with van der Waals surface area (Å²) in [7, 11) is 0. The van der Waals surface area contributed by atoms with Crippen LogP contribution in [0.3, 0.4) is 0 Å². The van der Waals surface area contributed by atoms with Crippen molar-refractivity contribution in [1.82, 2.24) is 0 Å². The third kappa shape index (κ3) is 5.54. The van der Waals surface area contributed by atoms with Crippen molar-refractivity contribution in [3.63, 3.8) is 0 Å². The van der Waals surface area contributed by atoms with Crippen LogP contribution in [0, 0.1) is 0 Å². The predicted octanol–water partition coefficient (Wildman–Crippen LogP) is 1.04. The van der Waals surface area contributed by atoms with Gasteiger partial charge in [0.2, 0.25) is 0 Å². The minimum absolute atomic E-state index is 0. The van der Waals surface area contributed by atoms with Gasteiger partial charge in [0.1, 0.15) is 5.77 Å². The zero-order valence-electron chi connectivity index (χ0n) is 9.85. The van der Waals surface area contributed by atoms with Crippen LogP contribution < -0.4 is 34.5 Å². The van der Waals surface area contributed by atoms with Crippen LogP contribution in [0.2, 0.25) is 0 Å². The van der Waals surface area contributed by atoms with Crippen LogP contribution in [0.15, 0.2) is 70.5 Å². The minimum atomic E-state index is -3.55. The summed E-state index contributed by atoms with van der Waals surface area (Å²) in [5, 5.41) is 0. The molecule has 0 aromatic heterocycles. The van der Waals surface area contributed by atoms with E-state index in [0.29, 0.717) is 0 Å². The van der Waals surface area contributed by atoms with Crippen molar-refractivity contribution in [3.8, 4) is 0 Å². The van der Waals surface area contributed by atoms with Gasteiger partial charge in [-0.25, -0.2) is 0 Å². The van der Waals surface area contributed by atoms with Crippen LogP contribution >= 0.6 is 28.5 Å². The molecule has 2 aromatic carbocycles. The maximum absolute atomic E-state index is 11.9. The second-order valence-electron chi connectivity index (χ2n) is 3.26. The molecule has 0 bridgehead atoms. The molecule has 0 spiro atoms. The SMILES string of the molecule is O=P([O-])(Sc1ccccc1)Sc1ccccc1.[Na+]. The average Bonchev–Trinajstić information content (AvgIpc) is 2.30. The average molecular weight is 304 g/mol. The smallest absolute Gasteiger partial charge is 0.783 e.